The topological polar surface area (TPSA) is 85.8 Å². The average Bonchev–Trinajstić information content (AvgIpc) is 2.80. The number of amides is 1. The third-order valence-electron chi connectivity index (χ3n) is 2.86. The lowest BCUT2D eigenvalue weighted by atomic mass is 10.2. The molecule has 0 spiro atoms. The van der Waals surface area contributed by atoms with Crippen LogP contribution in [0.3, 0.4) is 0 Å². The van der Waals surface area contributed by atoms with Crippen molar-refractivity contribution in [1.29, 1.82) is 0 Å². The van der Waals surface area contributed by atoms with Crippen molar-refractivity contribution in [3.05, 3.63) is 29.3 Å². The van der Waals surface area contributed by atoms with Gasteiger partial charge in [0.1, 0.15) is 0 Å². The van der Waals surface area contributed by atoms with Crippen molar-refractivity contribution in [2.45, 2.75) is 37.2 Å². The van der Waals surface area contributed by atoms with Crippen LogP contribution in [0.4, 0.5) is 0 Å². The standard InChI is InChI=1S/C14H18ClN5OS/c1-8(2)17-13(21)9(3)22-14-19-18-12(20(14)16)10-6-4-5-7-11(10)15/h4-9H,16H2,1-3H3,(H,17,21). The molecule has 1 unspecified atom stereocenters. The summed E-state index contributed by atoms with van der Waals surface area (Å²) in [6, 6.07) is 7.35. The second kappa shape index (κ2) is 7.02. The minimum absolute atomic E-state index is 0.0673. The summed E-state index contributed by atoms with van der Waals surface area (Å²) in [6.07, 6.45) is 0. The van der Waals surface area contributed by atoms with Crippen LogP contribution in [0.5, 0.6) is 0 Å². The van der Waals surface area contributed by atoms with Gasteiger partial charge in [-0.2, -0.15) is 0 Å². The molecule has 0 fully saturated rings. The molecular formula is C14H18ClN5OS. The molecule has 0 aliphatic carbocycles. The highest BCUT2D eigenvalue weighted by atomic mass is 35.5. The van der Waals surface area contributed by atoms with E-state index in [1.54, 1.807) is 13.0 Å². The highest BCUT2D eigenvalue weighted by Crippen LogP contribution is 2.28. The van der Waals surface area contributed by atoms with Crippen LogP contribution in [0.25, 0.3) is 11.4 Å². The average molecular weight is 340 g/mol. The van der Waals surface area contributed by atoms with Crippen molar-refractivity contribution in [2.24, 2.45) is 0 Å². The fourth-order valence-corrected chi connectivity index (χ4v) is 2.80. The Labute approximate surface area is 138 Å². The zero-order valence-electron chi connectivity index (χ0n) is 12.6. The molecule has 8 heteroatoms. The van der Waals surface area contributed by atoms with Crippen LogP contribution >= 0.6 is 23.4 Å². The summed E-state index contributed by atoms with van der Waals surface area (Å²) in [5.41, 5.74) is 0.699. The molecule has 0 radical (unpaired) electrons. The first-order valence-electron chi connectivity index (χ1n) is 6.82. The lowest BCUT2D eigenvalue weighted by Gasteiger charge is -2.13. The lowest BCUT2D eigenvalue weighted by Crippen LogP contribution is -2.36. The Hall–Kier alpha value is -1.73. The number of nitrogen functional groups attached to an aromatic ring is 1. The van der Waals surface area contributed by atoms with Crippen molar-refractivity contribution >= 4 is 29.3 Å². The Morgan fingerprint density at radius 2 is 2.00 bits per heavy atom. The van der Waals surface area contributed by atoms with Gasteiger partial charge >= 0.3 is 0 Å². The Balaban J connectivity index is 2.18. The normalized spacial score (nSPS) is 12.4. The highest BCUT2D eigenvalue weighted by molar-refractivity contribution is 8.00. The number of thioether (sulfide) groups is 1. The monoisotopic (exact) mass is 339 g/mol. The Morgan fingerprint density at radius 1 is 1.32 bits per heavy atom. The largest absolute Gasteiger partial charge is 0.353 e. The number of nitrogens with zero attached hydrogens (tertiary/aromatic N) is 3. The van der Waals surface area contributed by atoms with Crippen molar-refractivity contribution in [3.63, 3.8) is 0 Å². The Kier molecular flexibility index (Phi) is 5.31. The highest BCUT2D eigenvalue weighted by Gasteiger charge is 2.20. The second-order valence-corrected chi connectivity index (χ2v) is 6.79. The molecule has 1 aromatic carbocycles. The van der Waals surface area contributed by atoms with Gasteiger partial charge in [-0.3, -0.25) is 4.79 Å². The fraction of sp³-hybridized carbons (Fsp3) is 0.357. The fourth-order valence-electron chi connectivity index (χ4n) is 1.80. The van der Waals surface area contributed by atoms with Gasteiger partial charge in [0, 0.05) is 11.6 Å². The molecule has 3 N–H and O–H groups in total. The number of nitrogens with one attached hydrogen (secondary N) is 1. The molecule has 1 atom stereocenters. The van der Waals surface area contributed by atoms with Crippen molar-refractivity contribution in [1.82, 2.24) is 20.2 Å². The van der Waals surface area contributed by atoms with Gasteiger partial charge in [0.15, 0.2) is 5.82 Å². The summed E-state index contributed by atoms with van der Waals surface area (Å²) in [6.45, 7) is 5.62. The predicted molar refractivity (Wildman–Crippen MR) is 89.2 cm³/mol. The zero-order chi connectivity index (χ0) is 16.3. The number of halogens is 1. The summed E-state index contributed by atoms with van der Waals surface area (Å²) < 4.78 is 1.35. The van der Waals surface area contributed by atoms with Crippen LogP contribution in [0.15, 0.2) is 29.4 Å². The second-order valence-electron chi connectivity index (χ2n) is 5.08. The number of hydrogen-bond acceptors (Lipinski definition) is 5. The summed E-state index contributed by atoms with van der Waals surface area (Å²) in [4.78, 5) is 11.9. The van der Waals surface area contributed by atoms with E-state index in [-0.39, 0.29) is 17.2 Å². The molecule has 1 heterocycles. The molecule has 22 heavy (non-hydrogen) atoms. The number of carbonyl (C=O) groups is 1. The first kappa shape index (κ1) is 16.6. The van der Waals surface area contributed by atoms with E-state index in [9.17, 15) is 4.79 Å². The first-order valence-corrected chi connectivity index (χ1v) is 8.08. The molecule has 2 rings (SSSR count). The Bertz CT molecular complexity index is 673. The zero-order valence-corrected chi connectivity index (χ0v) is 14.1. The smallest absolute Gasteiger partial charge is 0.233 e. The third kappa shape index (κ3) is 3.72. The molecule has 118 valence electrons. The van der Waals surface area contributed by atoms with Crippen LogP contribution in [0, 0.1) is 0 Å². The number of aromatic nitrogens is 3. The Morgan fingerprint density at radius 3 is 2.64 bits per heavy atom. The van der Waals surface area contributed by atoms with E-state index in [4.69, 9.17) is 17.4 Å². The van der Waals surface area contributed by atoms with E-state index >= 15 is 0 Å². The summed E-state index contributed by atoms with van der Waals surface area (Å²) >= 11 is 7.40. The molecule has 0 saturated carbocycles. The van der Waals surface area contributed by atoms with Gasteiger partial charge in [-0.1, -0.05) is 35.5 Å². The van der Waals surface area contributed by atoms with E-state index in [1.807, 2.05) is 32.0 Å². The number of carbonyl (C=O) groups excluding carboxylic acids is 1. The molecule has 1 aromatic heterocycles. The van der Waals surface area contributed by atoms with Crippen molar-refractivity contribution in [3.8, 4) is 11.4 Å². The van der Waals surface area contributed by atoms with Gasteiger partial charge in [-0.15, -0.1) is 10.2 Å². The maximum absolute atomic E-state index is 11.9. The van der Waals surface area contributed by atoms with Crippen LogP contribution in [-0.4, -0.2) is 32.1 Å². The minimum Gasteiger partial charge on any atom is -0.353 e. The maximum Gasteiger partial charge on any atom is 0.233 e. The molecule has 6 nitrogen and oxygen atoms in total. The number of rotatable bonds is 5. The minimum atomic E-state index is -0.326. The number of benzene rings is 1. The molecule has 0 bridgehead atoms. The van der Waals surface area contributed by atoms with E-state index < -0.39 is 0 Å². The van der Waals surface area contributed by atoms with Gasteiger partial charge in [0.2, 0.25) is 11.1 Å². The maximum atomic E-state index is 11.9. The first-order chi connectivity index (χ1) is 10.4. The summed E-state index contributed by atoms with van der Waals surface area (Å²) in [5.74, 6) is 6.43. The van der Waals surface area contributed by atoms with Crippen LogP contribution < -0.4 is 11.2 Å². The van der Waals surface area contributed by atoms with Crippen LogP contribution in [-0.2, 0) is 4.79 Å². The number of nitrogens with two attached hydrogens (primary N) is 1. The van der Waals surface area contributed by atoms with Gasteiger partial charge in [0.25, 0.3) is 0 Å². The van der Waals surface area contributed by atoms with Gasteiger partial charge in [0.05, 0.1) is 10.3 Å². The van der Waals surface area contributed by atoms with E-state index in [0.29, 0.717) is 21.6 Å². The van der Waals surface area contributed by atoms with Crippen molar-refractivity contribution < 1.29 is 4.79 Å². The quantitative estimate of drug-likeness (QED) is 0.645. The predicted octanol–water partition coefficient (Wildman–Crippen LogP) is 2.32. The molecular weight excluding hydrogens is 322 g/mol. The number of hydrogen-bond donors (Lipinski definition) is 2. The summed E-state index contributed by atoms with van der Waals surface area (Å²) in [5, 5.41) is 11.6. The molecule has 0 aliphatic rings. The van der Waals surface area contributed by atoms with Crippen LogP contribution in [0.2, 0.25) is 5.02 Å². The third-order valence-corrected chi connectivity index (χ3v) is 4.25. The molecule has 1 amide bonds. The van der Waals surface area contributed by atoms with Gasteiger partial charge in [-0.25, -0.2) is 4.68 Å². The van der Waals surface area contributed by atoms with Gasteiger partial charge < -0.3 is 11.2 Å². The molecule has 0 saturated heterocycles. The van der Waals surface area contributed by atoms with Crippen LogP contribution in [0.1, 0.15) is 20.8 Å². The van der Waals surface area contributed by atoms with E-state index in [1.165, 1.54) is 16.4 Å². The lowest BCUT2D eigenvalue weighted by molar-refractivity contribution is -0.120. The molecule has 2 aromatic rings. The summed E-state index contributed by atoms with van der Waals surface area (Å²) in [7, 11) is 0. The van der Waals surface area contributed by atoms with E-state index in [2.05, 4.69) is 15.5 Å². The van der Waals surface area contributed by atoms with E-state index in [0.717, 1.165) is 0 Å². The van der Waals surface area contributed by atoms with Crippen molar-refractivity contribution in [2.75, 3.05) is 5.84 Å². The molecule has 0 aliphatic heterocycles. The SMILES string of the molecule is CC(C)NC(=O)C(C)Sc1nnc(-c2ccccc2Cl)n1N. The van der Waals surface area contributed by atoms with Gasteiger partial charge in [-0.05, 0) is 32.9 Å².